The summed E-state index contributed by atoms with van der Waals surface area (Å²) >= 11 is 4.60. The fourth-order valence-electron chi connectivity index (χ4n) is 1.75. The van der Waals surface area contributed by atoms with Gasteiger partial charge in [0.25, 0.3) is 5.91 Å². The molecule has 0 bridgehead atoms. The quantitative estimate of drug-likeness (QED) is 0.830. The van der Waals surface area contributed by atoms with E-state index in [0.29, 0.717) is 10.8 Å². The topological polar surface area (TPSA) is 54.9 Å². The Kier molecular flexibility index (Phi) is 5.92. The molecule has 0 saturated carbocycles. The molecule has 6 heteroatoms. The average Bonchev–Trinajstić information content (AvgIpc) is 2.76. The maximum absolute atomic E-state index is 12.4. The summed E-state index contributed by atoms with van der Waals surface area (Å²) in [5.41, 5.74) is 0.610. The zero-order valence-electron chi connectivity index (χ0n) is 12.2. The van der Waals surface area contributed by atoms with Gasteiger partial charge in [0.15, 0.2) is 0 Å². The van der Waals surface area contributed by atoms with Gasteiger partial charge in [0.2, 0.25) is 0 Å². The molecule has 1 N–H and O–H groups in total. The smallest absolute Gasteiger partial charge is 0.265 e. The molecular weight excluding hydrogens is 326 g/mol. The molecule has 0 aliphatic carbocycles. The van der Waals surface area contributed by atoms with E-state index in [2.05, 4.69) is 44.7 Å². The molecule has 0 radical (unpaired) electrons. The lowest BCUT2D eigenvalue weighted by molar-refractivity contribution is 0.0927. The predicted octanol–water partition coefficient (Wildman–Crippen LogP) is 3.38. The minimum Gasteiger partial charge on any atom is -0.348 e. The minimum atomic E-state index is -0.164. The number of hydrogen-bond acceptors (Lipinski definition) is 4. The molecule has 1 atom stereocenters. The zero-order chi connectivity index (χ0) is 14.6. The van der Waals surface area contributed by atoms with Gasteiger partial charge in [-0.25, -0.2) is 0 Å². The first-order chi connectivity index (χ1) is 8.77. The van der Waals surface area contributed by atoms with Crippen molar-refractivity contribution in [2.75, 3.05) is 5.33 Å². The number of nitrogens with one attached hydrogen (secondary N) is 1. The summed E-state index contributed by atoms with van der Waals surface area (Å²) in [5, 5.41) is 8.08. The standard InChI is InChI=1S/C13H22BrN3OS/c1-8(2)9(6-7-14)15-12(18)10-11(13(3,4)5)16-17-19-10/h8-9H,6-7H2,1-5H3,(H,15,18). The van der Waals surface area contributed by atoms with E-state index in [4.69, 9.17) is 0 Å². The van der Waals surface area contributed by atoms with Crippen molar-refractivity contribution in [3.8, 4) is 0 Å². The van der Waals surface area contributed by atoms with Crippen LogP contribution in [0.5, 0.6) is 0 Å². The molecule has 19 heavy (non-hydrogen) atoms. The minimum absolute atomic E-state index is 0.0559. The van der Waals surface area contributed by atoms with Crippen LogP contribution in [0.3, 0.4) is 0 Å². The van der Waals surface area contributed by atoms with Gasteiger partial charge < -0.3 is 5.32 Å². The van der Waals surface area contributed by atoms with Gasteiger partial charge in [0.05, 0.1) is 5.69 Å². The molecule has 108 valence electrons. The van der Waals surface area contributed by atoms with Crippen molar-refractivity contribution in [3.63, 3.8) is 0 Å². The van der Waals surface area contributed by atoms with Crippen LogP contribution < -0.4 is 5.32 Å². The van der Waals surface area contributed by atoms with Gasteiger partial charge in [-0.2, -0.15) is 0 Å². The Morgan fingerprint density at radius 3 is 2.53 bits per heavy atom. The van der Waals surface area contributed by atoms with Crippen LogP contribution in [0, 0.1) is 5.92 Å². The number of nitrogens with zero attached hydrogens (tertiary/aromatic N) is 2. The highest BCUT2D eigenvalue weighted by molar-refractivity contribution is 9.09. The highest BCUT2D eigenvalue weighted by Crippen LogP contribution is 2.26. The second-order valence-corrected chi connectivity index (χ2v) is 7.55. The van der Waals surface area contributed by atoms with Crippen molar-refractivity contribution >= 4 is 33.4 Å². The normalized spacial score (nSPS) is 13.6. The van der Waals surface area contributed by atoms with Gasteiger partial charge in [-0.15, -0.1) is 5.10 Å². The molecule has 0 aliphatic rings. The second-order valence-electron chi connectivity index (χ2n) is 6.00. The van der Waals surface area contributed by atoms with Gasteiger partial charge >= 0.3 is 0 Å². The molecule has 0 spiro atoms. The first-order valence-corrected chi connectivity index (χ1v) is 8.36. The van der Waals surface area contributed by atoms with Crippen LogP contribution in [0.4, 0.5) is 0 Å². The van der Waals surface area contributed by atoms with Crippen LogP contribution in [0.15, 0.2) is 0 Å². The number of carbonyl (C=O) groups excluding carboxylic acids is 1. The number of alkyl halides is 1. The van der Waals surface area contributed by atoms with E-state index >= 15 is 0 Å². The lowest BCUT2D eigenvalue weighted by atomic mass is 9.91. The SMILES string of the molecule is CC(C)C(CCBr)NC(=O)c1snnc1C(C)(C)C. The van der Waals surface area contributed by atoms with Gasteiger partial charge in [-0.05, 0) is 23.9 Å². The monoisotopic (exact) mass is 347 g/mol. The Labute approximate surface area is 127 Å². The summed E-state index contributed by atoms with van der Waals surface area (Å²) in [6.45, 7) is 10.4. The molecule has 4 nitrogen and oxygen atoms in total. The third-order valence-corrected chi connectivity index (χ3v) is 4.13. The number of aromatic nitrogens is 2. The third kappa shape index (κ3) is 4.53. The number of hydrogen-bond donors (Lipinski definition) is 1. The van der Waals surface area contributed by atoms with Crippen LogP contribution >= 0.6 is 27.5 Å². The molecule has 1 amide bonds. The van der Waals surface area contributed by atoms with Crippen LogP contribution in [0.2, 0.25) is 0 Å². The largest absolute Gasteiger partial charge is 0.348 e. The van der Waals surface area contributed by atoms with Crippen molar-refractivity contribution in [3.05, 3.63) is 10.6 Å². The van der Waals surface area contributed by atoms with Crippen molar-refractivity contribution < 1.29 is 4.79 Å². The third-order valence-electron chi connectivity index (χ3n) is 2.95. The van der Waals surface area contributed by atoms with Gasteiger partial charge in [0, 0.05) is 16.8 Å². The lowest BCUT2D eigenvalue weighted by Gasteiger charge is -2.22. The first kappa shape index (κ1) is 16.6. The Morgan fingerprint density at radius 1 is 1.42 bits per heavy atom. The molecule has 0 aliphatic heterocycles. The molecule has 1 heterocycles. The summed E-state index contributed by atoms with van der Waals surface area (Å²) in [5.74, 6) is 0.347. The lowest BCUT2D eigenvalue weighted by Crippen LogP contribution is -2.39. The van der Waals surface area contributed by atoms with Crippen molar-refractivity contribution in [1.29, 1.82) is 0 Å². The predicted molar refractivity (Wildman–Crippen MR) is 83.1 cm³/mol. The molecule has 1 rings (SSSR count). The molecule has 1 unspecified atom stereocenters. The number of halogens is 1. The second kappa shape index (κ2) is 6.79. The average molecular weight is 348 g/mol. The van der Waals surface area contributed by atoms with E-state index in [0.717, 1.165) is 17.4 Å². The highest BCUT2D eigenvalue weighted by Gasteiger charge is 2.27. The maximum Gasteiger partial charge on any atom is 0.265 e. The van der Waals surface area contributed by atoms with Gasteiger partial charge in [-0.3, -0.25) is 4.79 Å². The van der Waals surface area contributed by atoms with Crippen molar-refractivity contribution in [1.82, 2.24) is 14.9 Å². The van der Waals surface area contributed by atoms with Crippen LogP contribution in [0.25, 0.3) is 0 Å². The van der Waals surface area contributed by atoms with E-state index in [9.17, 15) is 4.79 Å². The summed E-state index contributed by atoms with van der Waals surface area (Å²) in [4.78, 5) is 13.0. The van der Waals surface area contributed by atoms with E-state index in [1.54, 1.807) is 0 Å². The first-order valence-electron chi connectivity index (χ1n) is 6.47. The summed E-state index contributed by atoms with van der Waals surface area (Å²) in [7, 11) is 0. The Bertz CT molecular complexity index is 426. The Hall–Kier alpha value is -0.490. The molecule has 0 fully saturated rings. The molecule has 0 aromatic carbocycles. The van der Waals surface area contributed by atoms with Crippen LogP contribution in [-0.2, 0) is 5.41 Å². The van der Waals surface area contributed by atoms with Gasteiger partial charge in [0.1, 0.15) is 4.88 Å². The molecule has 1 aromatic rings. The highest BCUT2D eigenvalue weighted by atomic mass is 79.9. The number of amides is 1. The van der Waals surface area contributed by atoms with Gasteiger partial charge in [-0.1, -0.05) is 55.0 Å². The van der Waals surface area contributed by atoms with Crippen LogP contribution in [0.1, 0.15) is 56.4 Å². The fraction of sp³-hybridized carbons (Fsp3) is 0.769. The summed E-state index contributed by atoms with van der Waals surface area (Å²) < 4.78 is 3.93. The number of rotatable bonds is 5. The molecular formula is C13H22BrN3OS. The van der Waals surface area contributed by atoms with E-state index < -0.39 is 0 Å². The summed E-state index contributed by atoms with van der Waals surface area (Å²) in [6.07, 6.45) is 0.917. The number of carbonyl (C=O) groups is 1. The van der Waals surface area contributed by atoms with E-state index in [-0.39, 0.29) is 17.4 Å². The van der Waals surface area contributed by atoms with E-state index in [1.165, 1.54) is 11.5 Å². The Balaban J connectivity index is 2.86. The molecule has 0 saturated heterocycles. The zero-order valence-corrected chi connectivity index (χ0v) is 14.6. The Morgan fingerprint density at radius 2 is 2.05 bits per heavy atom. The maximum atomic E-state index is 12.4. The van der Waals surface area contributed by atoms with Crippen LogP contribution in [-0.4, -0.2) is 26.9 Å². The van der Waals surface area contributed by atoms with Crippen molar-refractivity contribution in [2.24, 2.45) is 5.92 Å². The fourth-order valence-corrected chi connectivity index (χ4v) is 3.03. The van der Waals surface area contributed by atoms with E-state index in [1.807, 2.05) is 20.8 Å². The molecule has 1 aromatic heterocycles. The summed E-state index contributed by atoms with van der Waals surface area (Å²) in [6, 6.07) is 0.168. The van der Waals surface area contributed by atoms with Crippen molar-refractivity contribution in [2.45, 2.75) is 52.5 Å².